The molecule has 0 bridgehead atoms. The fourth-order valence-electron chi connectivity index (χ4n) is 5.07. The number of anilines is 2. The Bertz CT molecular complexity index is 927. The first-order valence-corrected chi connectivity index (χ1v) is 9.78. The highest BCUT2D eigenvalue weighted by atomic mass is 16.6. The third-order valence-electron chi connectivity index (χ3n) is 6.36. The van der Waals surface area contributed by atoms with Crippen molar-refractivity contribution in [2.24, 2.45) is 0 Å². The predicted octanol–water partition coefficient (Wildman–Crippen LogP) is 4.13. The molecule has 28 heavy (non-hydrogen) atoms. The Hall–Kier alpha value is -2.57. The lowest BCUT2D eigenvalue weighted by atomic mass is 9.81. The average Bonchev–Trinajstić information content (AvgIpc) is 3.04. The minimum atomic E-state index is -0.497. The number of likely N-dealkylation sites (N-methyl/N-ethyl adjacent to an activating group) is 2. The van der Waals surface area contributed by atoms with Crippen LogP contribution in [0, 0.1) is 0 Å². The normalized spacial score (nSPS) is 28.0. The summed E-state index contributed by atoms with van der Waals surface area (Å²) in [5.41, 5.74) is 3.85. The van der Waals surface area contributed by atoms with E-state index in [0.29, 0.717) is 12.3 Å². The number of aryl methyl sites for hydroxylation is 1. The second-order valence-corrected chi connectivity index (χ2v) is 8.29. The lowest BCUT2D eigenvalue weighted by molar-refractivity contribution is -1.10. The molecule has 2 aromatic rings. The van der Waals surface area contributed by atoms with Crippen molar-refractivity contribution in [1.82, 2.24) is 0 Å². The number of hydrogen-bond donors (Lipinski definition) is 2. The van der Waals surface area contributed by atoms with Gasteiger partial charge in [-0.15, -0.1) is 0 Å². The molecule has 0 aliphatic carbocycles. The summed E-state index contributed by atoms with van der Waals surface area (Å²) < 4.78 is 5.57. The van der Waals surface area contributed by atoms with Gasteiger partial charge in [0.25, 0.3) is 0 Å². The molecule has 4 rings (SSSR count). The van der Waals surface area contributed by atoms with Crippen molar-refractivity contribution in [3.63, 3.8) is 0 Å². The zero-order chi connectivity index (χ0) is 20.1. The number of para-hydroxylation sites is 1. The van der Waals surface area contributed by atoms with Crippen molar-refractivity contribution in [2.45, 2.75) is 38.3 Å². The number of likely N-dealkylation sites (tertiary alicyclic amines) is 1. The fourth-order valence-corrected chi connectivity index (χ4v) is 5.07. The molecule has 2 aliphatic heterocycles. The number of carbonyl (C=O) groups excluding carboxylic acids is 1. The van der Waals surface area contributed by atoms with Crippen LogP contribution in [0.25, 0.3) is 0 Å². The van der Waals surface area contributed by atoms with E-state index in [1.807, 2.05) is 56.6 Å². The highest BCUT2D eigenvalue weighted by Gasteiger charge is 2.61. The molecule has 0 radical (unpaired) electrons. The first kappa shape index (κ1) is 18.8. The van der Waals surface area contributed by atoms with Crippen molar-refractivity contribution >= 4 is 17.5 Å². The monoisotopic (exact) mass is 382 g/mol. The van der Waals surface area contributed by atoms with Gasteiger partial charge >= 0.3 is 6.09 Å². The summed E-state index contributed by atoms with van der Waals surface area (Å²) >= 11 is 0. The number of rotatable bonds is 3. The Morgan fingerprint density at radius 2 is 2.11 bits per heavy atom. The van der Waals surface area contributed by atoms with Gasteiger partial charge < -0.3 is 9.64 Å². The molecule has 0 aromatic heterocycles. The van der Waals surface area contributed by atoms with Crippen LogP contribution in [0.4, 0.5) is 16.2 Å². The number of quaternary nitrogens is 1. The van der Waals surface area contributed by atoms with Gasteiger partial charge in [0.1, 0.15) is 19.3 Å². The quantitative estimate of drug-likeness (QED) is 0.784. The van der Waals surface area contributed by atoms with Gasteiger partial charge in [-0.3, -0.25) is 5.32 Å². The van der Waals surface area contributed by atoms with E-state index in [-0.39, 0.29) is 16.2 Å². The Labute approximate surface area is 165 Å². The van der Waals surface area contributed by atoms with Gasteiger partial charge in [0.2, 0.25) is 6.17 Å². The molecule has 0 spiro atoms. The van der Waals surface area contributed by atoms with E-state index in [1.165, 1.54) is 0 Å². The Morgan fingerprint density at radius 3 is 2.86 bits per heavy atom. The van der Waals surface area contributed by atoms with Crippen molar-refractivity contribution in [3.8, 4) is 5.75 Å². The lowest BCUT2D eigenvalue weighted by Gasteiger charge is -2.34. The number of nitrogens with zero attached hydrogens (tertiary/aromatic N) is 2. The molecule has 2 N–H and O–H groups in total. The van der Waals surface area contributed by atoms with E-state index in [2.05, 4.69) is 24.1 Å². The number of hydrogen-bond acceptors (Lipinski definition) is 4. The predicted molar refractivity (Wildman–Crippen MR) is 109 cm³/mol. The lowest BCUT2D eigenvalue weighted by Crippen LogP contribution is -2.56. The zero-order valence-electron chi connectivity index (χ0n) is 16.9. The second kappa shape index (κ2) is 6.50. The molecular formula is C22H28N3O3+. The van der Waals surface area contributed by atoms with Gasteiger partial charge in [0.15, 0.2) is 0 Å². The van der Waals surface area contributed by atoms with Crippen molar-refractivity contribution in [2.75, 3.05) is 30.9 Å². The van der Waals surface area contributed by atoms with Crippen LogP contribution in [-0.2, 0) is 11.8 Å². The van der Waals surface area contributed by atoms with E-state index < -0.39 is 6.09 Å². The highest BCUT2D eigenvalue weighted by Crippen LogP contribution is 2.53. The number of fused-ring (bicyclic) bond motifs is 3. The third-order valence-corrected chi connectivity index (χ3v) is 6.36. The van der Waals surface area contributed by atoms with Crippen LogP contribution in [0.1, 0.15) is 31.4 Å². The Kier molecular flexibility index (Phi) is 4.36. The molecule has 0 saturated carbocycles. The maximum atomic E-state index is 12.4. The molecule has 1 amide bonds. The van der Waals surface area contributed by atoms with Gasteiger partial charge in [-0.2, -0.15) is 4.65 Å². The van der Waals surface area contributed by atoms with Crippen LogP contribution < -0.4 is 15.0 Å². The van der Waals surface area contributed by atoms with E-state index >= 15 is 0 Å². The van der Waals surface area contributed by atoms with Crippen molar-refractivity contribution in [3.05, 3.63) is 53.6 Å². The van der Waals surface area contributed by atoms with Crippen LogP contribution in [-0.4, -0.2) is 42.8 Å². The maximum absolute atomic E-state index is 12.4. The molecule has 2 aromatic carbocycles. The summed E-state index contributed by atoms with van der Waals surface area (Å²) in [7, 11) is 3.87. The summed E-state index contributed by atoms with van der Waals surface area (Å²) in [4.78, 5) is 14.6. The number of hydroxylamine groups is 3. The Morgan fingerprint density at radius 1 is 1.36 bits per heavy atom. The first-order chi connectivity index (χ1) is 13.3. The maximum Gasteiger partial charge on any atom is 0.417 e. The molecule has 1 fully saturated rings. The summed E-state index contributed by atoms with van der Waals surface area (Å²) in [6.45, 7) is 4.93. The highest BCUT2D eigenvalue weighted by molar-refractivity contribution is 5.87. The molecule has 3 atom stereocenters. The molecule has 148 valence electrons. The van der Waals surface area contributed by atoms with Crippen LogP contribution in [0.15, 0.2) is 42.5 Å². The van der Waals surface area contributed by atoms with E-state index in [9.17, 15) is 10.0 Å². The van der Waals surface area contributed by atoms with Gasteiger partial charge in [0, 0.05) is 24.8 Å². The molecule has 2 heterocycles. The largest absolute Gasteiger partial charge is 0.417 e. The second-order valence-electron chi connectivity index (χ2n) is 8.29. The topological polar surface area (TPSA) is 61.8 Å². The molecule has 1 saturated heterocycles. The van der Waals surface area contributed by atoms with E-state index in [0.717, 1.165) is 35.3 Å². The van der Waals surface area contributed by atoms with Gasteiger partial charge in [-0.1, -0.05) is 25.1 Å². The number of ether oxygens (including phenoxy) is 1. The van der Waals surface area contributed by atoms with Crippen molar-refractivity contribution in [1.29, 1.82) is 0 Å². The summed E-state index contributed by atoms with van der Waals surface area (Å²) in [5.74, 6) is 0.513. The summed E-state index contributed by atoms with van der Waals surface area (Å²) in [6, 6.07) is 13.5. The van der Waals surface area contributed by atoms with Gasteiger partial charge in [0.05, 0.1) is 5.41 Å². The molecule has 2 aliphatic rings. The minimum absolute atomic E-state index is 0.0217. The van der Waals surface area contributed by atoms with Crippen LogP contribution >= 0.6 is 0 Å². The fraction of sp³-hybridized carbons (Fsp3) is 0.409. The van der Waals surface area contributed by atoms with Crippen LogP contribution in [0.2, 0.25) is 0 Å². The molecule has 0 unspecified atom stereocenters. The Balaban J connectivity index is 1.57. The van der Waals surface area contributed by atoms with E-state index in [4.69, 9.17) is 4.74 Å². The summed E-state index contributed by atoms with van der Waals surface area (Å²) in [5, 5.41) is 13.6. The number of amides is 1. The number of nitrogens with one attached hydrogen (secondary N) is 1. The number of benzene rings is 2. The van der Waals surface area contributed by atoms with Gasteiger partial charge in [-0.05, 0) is 48.7 Å². The van der Waals surface area contributed by atoms with Crippen molar-refractivity contribution < 1.29 is 19.4 Å². The average molecular weight is 382 g/mol. The van der Waals surface area contributed by atoms with Gasteiger partial charge in [-0.25, -0.2) is 10.0 Å². The molecular weight excluding hydrogens is 354 g/mol. The van der Waals surface area contributed by atoms with E-state index in [1.54, 1.807) is 0 Å². The number of carbonyl (C=O) groups is 1. The smallest absolute Gasteiger partial charge is 0.410 e. The van der Waals surface area contributed by atoms with Crippen LogP contribution in [0.3, 0.4) is 0 Å². The third kappa shape index (κ3) is 2.84. The molecule has 6 nitrogen and oxygen atoms in total. The zero-order valence-corrected chi connectivity index (χ0v) is 16.9. The first-order valence-electron chi connectivity index (χ1n) is 9.78. The standard InChI is InChI=1S/C22H27N3O3/c1-5-15-8-6-7-9-18(15)23-21(26)28-16-10-11-19-17(14-16)22(2)12-13-25(4,27)20(22)24(19)3/h6-11,14,20,27H,5,12-13H2,1-4H3/p+1/t20-,22-,25+/m0/s1. The van der Waals surface area contributed by atoms with Crippen LogP contribution in [0.5, 0.6) is 5.75 Å². The summed E-state index contributed by atoms with van der Waals surface area (Å²) in [6.07, 6.45) is 1.17. The minimum Gasteiger partial charge on any atom is -0.410 e. The molecule has 6 heteroatoms. The SMILES string of the molecule is CCc1ccccc1NC(=O)Oc1ccc2c(c1)[C@]1(C)CC[N@@+](C)(O)[C@@H]1N2C.